The molecule has 0 radical (unpaired) electrons. The fraction of sp³-hybridized carbons (Fsp3) is 0.0417. The van der Waals surface area contributed by atoms with E-state index < -0.39 is 37.4 Å². The van der Waals surface area contributed by atoms with Gasteiger partial charge >= 0.3 is 10.1 Å². The van der Waals surface area contributed by atoms with Crippen molar-refractivity contribution in [3.05, 3.63) is 92.5 Å². The summed E-state index contributed by atoms with van der Waals surface area (Å²) in [6.45, 7) is 0. The average Bonchev–Trinajstić information content (AvgIpc) is 2.88. The van der Waals surface area contributed by atoms with Crippen molar-refractivity contribution in [1.82, 2.24) is 5.32 Å². The van der Waals surface area contributed by atoms with Crippen LogP contribution in [-0.2, 0) is 19.7 Å². The summed E-state index contributed by atoms with van der Waals surface area (Å²) in [4.78, 5) is 36.8. The van der Waals surface area contributed by atoms with E-state index in [0.717, 1.165) is 12.1 Å². The molecule has 2 amide bonds. The van der Waals surface area contributed by atoms with E-state index in [4.69, 9.17) is 21.1 Å². The maximum Gasteiger partial charge on any atom is 0.339 e. The molecule has 0 atom stereocenters. The van der Waals surface area contributed by atoms with Gasteiger partial charge in [-0.05, 0) is 82.3 Å². The Labute approximate surface area is 230 Å². The summed E-state index contributed by atoms with van der Waals surface area (Å²) in [5, 5.41) is 13.4. The minimum absolute atomic E-state index is 0.0846. The van der Waals surface area contributed by atoms with Crippen LogP contribution in [0.1, 0.15) is 5.56 Å². The second-order valence-electron chi connectivity index (χ2n) is 7.64. The number of methoxy groups -OCH3 is 1. The lowest BCUT2D eigenvalue weighted by Gasteiger charge is -2.29. The predicted octanol–water partition coefficient (Wildman–Crippen LogP) is 3.96. The summed E-state index contributed by atoms with van der Waals surface area (Å²) in [6.07, 6.45) is 1.32. The Hall–Kier alpha value is -4.14. The van der Waals surface area contributed by atoms with Crippen molar-refractivity contribution in [3.8, 4) is 11.5 Å². The molecule has 194 valence electrons. The summed E-state index contributed by atoms with van der Waals surface area (Å²) in [7, 11) is -2.89. The number of hydrogen-bond acceptors (Lipinski definition) is 9. The molecule has 1 heterocycles. The van der Waals surface area contributed by atoms with Crippen LogP contribution in [-0.4, -0.2) is 37.4 Å². The fourth-order valence-electron chi connectivity index (χ4n) is 3.38. The van der Waals surface area contributed by atoms with Crippen LogP contribution in [0.15, 0.2) is 81.7 Å². The van der Waals surface area contributed by atoms with Gasteiger partial charge < -0.3 is 8.92 Å². The molecule has 3 aromatic rings. The van der Waals surface area contributed by atoms with Gasteiger partial charge in [0.1, 0.15) is 16.2 Å². The molecule has 1 fully saturated rings. The highest BCUT2D eigenvalue weighted by atomic mass is 79.9. The van der Waals surface area contributed by atoms with E-state index in [1.165, 1.54) is 48.4 Å². The number of nitro groups is 1. The molecule has 0 saturated carbocycles. The number of hydrogen-bond donors (Lipinski definition) is 1. The Balaban J connectivity index is 1.60. The van der Waals surface area contributed by atoms with Gasteiger partial charge in [-0.3, -0.25) is 29.9 Å². The first-order valence-corrected chi connectivity index (χ1v) is 13.1. The third-order valence-electron chi connectivity index (χ3n) is 5.22. The van der Waals surface area contributed by atoms with E-state index in [-0.39, 0.29) is 20.9 Å². The van der Waals surface area contributed by atoms with Crippen LogP contribution in [0.25, 0.3) is 6.08 Å². The lowest BCUT2D eigenvalue weighted by atomic mass is 10.1. The highest BCUT2D eigenvalue weighted by Gasteiger charge is 2.34. The highest BCUT2D eigenvalue weighted by molar-refractivity contribution is 9.10. The Morgan fingerprint density at radius 3 is 2.42 bits per heavy atom. The zero-order valence-corrected chi connectivity index (χ0v) is 22.5. The van der Waals surface area contributed by atoms with Gasteiger partial charge in [-0.2, -0.15) is 8.42 Å². The zero-order valence-electron chi connectivity index (χ0n) is 19.3. The molecule has 1 N–H and O–H groups in total. The van der Waals surface area contributed by atoms with Crippen LogP contribution in [0.2, 0.25) is 0 Å². The first-order chi connectivity index (χ1) is 18.0. The number of non-ortho nitro benzene ring substituents is 1. The van der Waals surface area contributed by atoms with Crippen LogP contribution in [0.3, 0.4) is 0 Å². The van der Waals surface area contributed by atoms with E-state index in [2.05, 4.69) is 21.2 Å². The molecule has 0 bridgehead atoms. The van der Waals surface area contributed by atoms with Crippen LogP contribution in [0.4, 0.5) is 11.4 Å². The summed E-state index contributed by atoms with van der Waals surface area (Å²) in [5.41, 5.74) is 0.175. The number of benzene rings is 3. The molecule has 3 aromatic carbocycles. The topological polar surface area (TPSA) is 145 Å². The second kappa shape index (κ2) is 10.7. The zero-order chi connectivity index (χ0) is 27.6. The molecule has 38 heavy (non-hydrogen) atoms. The van der Waals surface area contributed by atoms with Crippen LogP contribution in [0.5, 0.6) is 11.5 Å². The van der Waals surface area contributed by atoms with Crippen LogP contribution < -0.4 is 19.1 Å². The van der Waals surface area contributed by atoms with E-state index >= 15 is 0 Å². The first kappa shape index (κ1) is 26.9. The van der Waals surface area contributed by atoms with E-state index in [0.29, 0.717) is 17.0 Å². The van der Waals surface area contributed by atoms with Gasteiger partial charge in [-0.1, -0.05) is 12.1 Å². The lowest BCUT2D eigenvalue weighted by Crippen LogP contribution is -2.54. The summed E-state index contributed by atoms with van der Waals surface area (Å²) in [6, 6.07) is 15.1. The maximum atomic E-state index is 13.2. The standard InChI is InChI=1S/C24H16BrN3O8S2/c1-35-17-8-6-15(7-9-17)27-23(30)19(22(29)26-24(27)37)11-14-5-10-21(20(25)12-14)36-38(33,34)18-4-2-3-16(13-18)28(31)32/h2-13H,1H3,(H,26,29,37)/b19-11-. The minimum atomic E-state index is -4.40. The molecular weight excluding hydrogens is 602 g/mol. The smallest absolute Gasteiger partial charge is 0.339 e. The number of nitrogens with one attached hydrogen (secondary N) is 1. The number of thiocarbonyl (C=S) groups is 1. The van der Waals surface area contributed by atoms with Crippen molar-refractivity contribution in [2.45, 2.75) is 4.90 Å². The number of amides is 2. The monoisotopic (exact) mass is 617 g/mol. The third-order valence-corrected chi connectivity index (χ3v) is 7.35. The predicted molar refractivity (Wildman–Crippen MR) is 144 cm³/mol. The van der Waals surface area contributed by atoms with Crippen LogP contribution >= 0.6 is 28.1 Å². The maximum absolute atomic E-state index is 13.2. The highest BCUT2D eigenvalue weighted by Crippen LogP contribution is 2.31. The molecule has 11 nitrogen and oxygen atoms in total. The normalized spacial score (nSPS) is 14.8. The quantitative estimate of drug-likeness (QED) is 0.104. The molecule has 0 aromatic heterocycles. The molecule has 4 rings (SSSR count). The summed E-state index contributed by atoms with van der Waals surface area (Å²) >= 11 is 8.41. The molecule has 0 unspecified atom stereocenters. The minimum Gasteiger partial charge on any atom is -0.497 e. The molecule has 1 aliphatic heterocycles. The first-order valence-electron chi connectivity index (χ1n) is 10.5. The number of halogens is 1. The fourth-order valence-corrected chi connectivity index (χ4v) is 5.24. The van der Waals surface area contributed by atoms with E-state index in [9.17, 15) is 28.1 Å². The molecule has 1 aliphatic rings. The molecule has 0 aliphatic carbocycles. The number of ether oxygens (including phenoxy) is 1. The number of nitrogens with zero attached hydrogens (tertiary/aromatic N) is 2. The van der Waals surface area contributed by atoms with Gasteiger partial charge in [0.05, 0.1) is 22.2 Å². The molecular formula is C24H16BrN3O8S2. The summed E-state index contributed by atoms with van der Waals surface area (Å²) < 4.78 is 35.8. The van der Waals surface area contributed by atoms with Crippen LogP contribution in [0, 0.1) is 10.1 Å². The van der Waals surface area contributed by atoms with Gasteiger partial charge in [0.15, 0.2) is 10.9 Å². The Morgan fingerprint density at radius 2 is 1.79 bits per heavy atom. The Bertz CT molecular complexity index is 1620. The molecule has 14 heteroatoms. The third kappa shape index (κ3) is 5.56. The molecule has 1 saturated heterocycles. The number of carbonyl (C=O) groups excluding carboxylic acids is 2. The van der Waals surface area contributed by atoms with Crippen molar-refractivity contribution in [2.24, 2.45) is 0 Å². The number of rotatable bonds is 7. The summed E-state index contributed by atoms with van der Waals surface area (Å²) in [5.74, 6) is -0.897. The van der Waals surface area contributed by atoms with Gasteiger partial charge in [-0.25, -0.2) is 0 Å². The van der Waals surface area contributed by atoms with Crippen molar-refractivity contribution < 1.29 is 31.9 Å². The van der Waals surface area contributed by atoms with Crippen molar-refractivity contribution >= 4 is 72.6 Å². The Morgan fingerprint density at radius 1 is 1.08 bits per heavy atom. The van der Waals surface area contributed by atoms with Crippen molar-refractivity contribution in [3.63, 3.8) is 0 Å². The number of nitro benzene ring substituents is 1. The second-order valence-corrected chi connectivity index (χ2v) is 10.4. The van der Waals surface area contributed by atoms with E-state index in [1.807, 2.05) is 0 Å². The largest absolute Gasteiger partial charge is 0.497 e. The van der Waals surface area contributed by atoms with Gasteiger partial charge in [0.2, 0.25) is 0 Å². The van der Waals surface area contributed by atoms with Crippen molar-refractivity contribution in [1.29, 1.82) is 0 Å². The Kier molecular flexibility index (Phi) is 7.57. The average molecular weight is 618 g/mol. The number of anilines is 1. The van der Waals surface area contributed by atoms with E-state index in [1.54, 1.807) is 24.3 Å². The molecule has 0 spiro atoms. The van der Waals surface area contributed by atoms with Gasteiger partial charge in [-0.15, -0.1) is 0 Å². The van der Waals surface area contributed by atoms with Gasteiger partial charge in [0, 0.05) is 12.1 Å². The SMILES string of the molecule is COc1ccc(N2C(=O)/C(=C\c3ccc(OS(=O)(=O)c4cccc([N+](=O)[O-])c4)c(Br)c3)C(=O)NC2=S)cc1. The van der Waals surface area contributed by atoms with Crippen molar-refractivity contribution in [2.75, 3.05) is 12.0 Å². The van der Waals surface area contributed by atoms with Gasteiger partial charge in [0.25, 0.3) is 17.5 Å². The number of carbonyl (C=O) groups is 2. The lowest BCUT2D eigenvalue weighted by molar-refractivity contribution is -0.385.